The van der Waals surface area contributed by atoms with Crippen LogP contribution in [0.1, 0.15) is 30.8 Å². The van der Waals surface area contributed by atoms with Crippen LogP contribution in [0.3, 0.4) is 0 Å². The van der Waals surface area contributed by atoms with Crippen LogP contribution in [-0.4, -0.2) is 21.3 Å². The fourth-order valence-corrected chi connectivity index (χ4v) is 2.56. The van der Waals surface area contributed by atoms with Gasteiger partial charge in [-0.2, -0.15) is 5.10 Å². The predicted molar refractivity (Wildman–Crippen MR) is 85.1 cm³/mol. The molecule has 0 radical (unpaired) electrons. The van der Waals surface area contributed by atoms with E-state index in [1.807, 2.05) is 36.1 Å². The maximum atomic E-state index is 4.82. The van der Waals surface area contributed by atoms with E-state index in [1.165, 1.54) is 5.39 Å². The molecule has 4 heteroatoms. The molecule has 2 aromatic heterocycles. The fourth-order valence-electron chi connectivity index (χ4n) is 2.56. The molecule has 1 aromatic carbocycles. The zero-order valence-corrected chi connectivity index (χ0v) is 12.5. The summed E-state index contributed by atoms with van der Waals surface area (Å²) in [6, 6.07) is 14.6. The number of nitrogens with one attached hydrogen (secondary N) is 1. The molecule has 108 valence electrons. The molecular formula is C17H20N4. The van der Waals surface area contributed by atoms with E-state index in [2.05, 4.69) is 41.6 Å². The van der Waals surface area contributed by atoms with Crippen LogP contribution >= 0.6 is 0 Å². The first kappa shape index (κ1) is 13.8. The van der Waals surface area contributed by atoms with Crippen LogP contribution in [0, 0.1) is 0 Å². The van der Waals surface area contributed by atoms with Gasteiger partial charge in [0.05, 0.1) is 22.9 Å². The third-order valence-corrected chi connectivity index (χ3v) is 3.67. The van der Waals surface area contributed by atoms with Gasteiger partial charge in [-0.1, -0.05) is 31.2 Å². The van der Waals surface area contributed by atoms with Crippen LogP contribution in [0.4, 0.5) is 0 Å². The van der Waals surface area contributed by atoms with E-state index in [0.717, 1.165) is 29.9 Å². The summed E-state index contributed by atoms with van der Waals surface area (Å²) in [6.07, 6.45) is 2.92. The summed E-state index contributed by atoms with van der Waals surface area (Å²) in [5.41, 5.74) is 3.19. The van der Waals surface area contributed by atoms with E-state index in [4.69, 9.17) is 4.98 Å². The first-order valence-corrected chi connectivity index (χ1v) is 7.36. The smallest absolute Gasteiger partial charge is 0.0922 e. The Morgan fingerprint density at radius 3 is 2.76 bits per heavy atom. The highest BCUT2D eigenvalue weighted by molar-refractivity contribution is 5.78. The average molecular weight is 280 g/mol. The normalized spacial score (nSPS) is 12.7. The SMILES string of the molecule is CCCNC(c1ccc2ccccc2n1)c1ccnn1C. The second-order valence-corrected chi connectivity index (χ2v) is 5.20. The van der Waals surface area contributed by atoms with Gasteiger partial charge in [-0.3, -0.25) is 9.67 Å². The fraction of sp³-hybridized carbons (Fsp3) is 0.294. The number of rotatable bonds is 5. The highest BCUT2D eigenvalue weighted by Gasteiger charge is 2.18. The Bertz CT molecular complexity index is 732. The third kappa shape index (κ3) is 2.81. The highest BCUT2D eigenvalue weighted by atomic mass is 15.3. The molecule has 3 rings (SSSR count). The molecule has 3 aromatic rings. The number of aryl methyl sites for hydroxylation is 1. The number of hydrogen-bond donors (Lipinski definition) is 1. The molecule has 4 nitrogen and oxygen atoms in total. The first-order chi connectivity index (χ1) is 10.3. The van der Waals surface area contributed by atoms with E-state index in [1.54, 1.807) is 0 Å². The molecule has 0 bridgehead atoms. The molecule has 0 fully saturated rings. The molecule has 2 heterocycles. The Labute approximate surface area is 124 Å². The number of fused-ring (bicyclic) bond motifs is 1. The Morgan fingerprint density at radius 2 is 2.00 bits per heavy atom. The van der Waals surface area contributed by atoms with Crippen LogP contribution in [0.5, 0.6) is 0 Å². The average Bonchev–Trinajstić information content (AvgIpc) is 2.94. The van der Waals surface area contributed by atoms with Crippen LogP contribution in [0.2, 0.25) is 0 Å². The van der Waals surface area contributed by atoms with Crippen molar-refractivity contribution in [1.29, 1.82) is 0 Å². The van der Waals surface area contributed by atoms with Crippen molar-refractivity contribution in [2.75, 3.05) is 6.54 Å². The standard InChI is InChI=1S/C17H20N4/c1-3-11-18-17(16-10-12-19-21(16)2)15-9-8-13-6-4-5-7-14(13)20-15/h4-10,12,17-18H,3,11H2,1-2H3. The van der Waals surface area contributed by atoms with Gasteiger partial charge in [0.25, 0.3) is 0 Å². The summed E-state index contributed by atoms with van der Waals surface area (Å²) < 4.78 is 1.91. The summed E-state index contributed by atoms with van der Waals surface area (Å²) >= 11 is 0. The van der Waals surface area contributed by atoms with E-state index < -0.39 is 0 Å². The van der Waals surface area contributed by atoms with Crippen molar-refractivity contribution in [2.24, 2.45) is 7.05 Å². The van der Waals surface area contributed by atoms with Crippen molar-refractivity contribution in [2.45, 2.75) is 19.4 Å². The van der Waals surface area contributed by atoms with Crippen molar-refractivity contribution >= 4 is 10.9 Å². The summed E-state index contributed by atoms with van der Waals surface area (Å²) in [4.78, 5) is 4.82. The second kappa shape index (κ2) is 6.06. The van der Waals surface area contributed by atoms with Gasteiger partial charge >= 0.3 is 0 Å². The topological polar surface area (TPSA) is 42.7 Å². The van der Waals surface area contributed by atoms with Crippen molar-refractivity contribution in [3.8, 4) is 0 Å². The third-order valence-electron chi connectivity index (χ3n) is 3.67. The van der Waals surface area contributed by atoms with Gasteiger partial charge in [0.2, 0.25) is 0 Å². The molecule has 1 atom stereocenters. The Hall–Kier alpha value is -2.20. The quantitative estimate of drug-likeness (QED) is 0.781. The molecule has 0 amide bonds. The Morgan fingerprint density at radius 1 is 1.14 bits per heavy atom. The largest absolute Gasteiger partial charge is 0.304 e. The van der Waals surface area contributed by atoms with Gasteiger partial charge in [0.15, 0.2) is 0 Å². The van der Waals surface area contributed by atoms with Crippen molar-refractivity contribution < 1.29 is 0 Å². The van der Waals surface area contributed by atoms with E-state index >= 15 is 0 Å². The van der Waals surface area contributed by atoms with Crippen molar-refractivity contribution in [3.63, 3.8) is 0 Å². The molecule has 0 saturated heterocycles. The first-order valence-electron chi connectivity index (χ1n) is 7.36. The van der Waals surface area contributed by atoms with E-state index in [0.29, 0.717) is 0 Å². The minimum absolute atomic E-state index is 0.0713. The Kier molecular flexibility index (Phi) is 3.97. The van der Waals surface area contributed by atoms with Gasteiger partial charge in [0, 0.05) is 18.6 Å². The number of pyridine rings is 1. The lowest BCUT2D eigenvalue weighted by Crippen LogP contribution is -2.26. The summed E-state index contributed by atoms with van der Waals surface area (Å²) in [5.74, 6) is 0. The number of hydrogen-bond acceptors (Lipinski definition) is 3. The monoisotopic (exact) mass is 280 g/mol. The lowest BCUT2D eigenvalue weighted by atomic mass is 10.1. The van der Waals surface area contributed by atoms with Gasteiger partial charge in [-0.25, -0.2) is 0 Å². The number of nitrogens with zero attached hydrogens (tertiary/aromatic N) is 3. The lowest BCUT2D eigenvalue weighted by Gasteiger charge is -2.19. The molecule has 0 aliphatic heterocycles. The van der Waals surface area contributed by atoms with Crippen LogP contribution < -0.4 is 5.32 Å². The minimum Gasteiger partial charge on any atom is -0.304 e. The van der Waals surface area contributed by atoms with Crippen LogP contribution in [0.15, 0.2) is 48.7 Å². The summed E-state index contributed by atoms with van der Waals surface area (Å²) in [5, 5.41) is 9.02. The second-order valence-electron chi connectivity index (χ2n) is 5.20. The molecule has 1 unspecified atom stereocenters. The van der Waals surface area contributed by atoms with Gasteiger partial charge in [0.1, 0.15) is 0 Å². The van der Waals surface area contributed by atoms with Crippen LogP contribution in [0.25, 0.3) is 10.9 Å². The number of para-hydroxylation sites is 1. The lowest BCUT2D eigenvalue weighted by molar-refractivity contribution is 0.545. The van der Waals surface area contributed by atoms with E-state index in [-0.39, 0.29) is 6.04 Å². The minimum atomic E-state index is 0.0713. The summed E-state index contributed by atoms with van der Waals surface area (Å²) in [7, 11) is 1.97. The molecule has 21 heavy (non-hydrogen) atoms. The van der Waals surface area contributed by atoms with Gasteiger partial charge in [-0.05, 0) is 31.2 Å². The van der Waals surface area contributed by atoms with Gasteiger partial charge < -0.3 is 5.32 Å². The van der Waals surface area contributed by atoms with Crippen molar-refractivity contribution in [1.82, 2.24) is 20.1 Å². The molecule has 1 N–H and O–H groups in total. The van der Waals surface area contributed by atoms with E-state index in [9.17, 15) is 0 Å². The highest BCUT2D eigenvalue weighted by Crippen LogP contribution is 2.22. The molecule has 0 aliphatic carbocycles. The Balaban J connectivity index is 2.03. The molecule has 0 aliphatic rings. The van der Waals surface area contributed by atoms with Gasteiger partial charge in [-0.15, -0.1) is 0 Å². The van der Waals surface area contributed by atoms with Crippen molar-refractivity contribution in [3.05, 3.63) is 60.0 Å². The zero-order valence-electron chi connectivity index (χ0n) is 12.5. The maximum Gasteiger partial charge on any atom is 0.0922 e. The number of aromatic nitrogens is 3. The predicted octanol–water partition coefficient (Wildman–Crippen LogP) is 3.06. The zero-order chi connectivity index (χ0) is 14.7. The maximum absolute atomic E-state index is 4.82. The summed E-state index contributed by atoms with van der Waals surface area (Å²) in [6.45, 7) is 3.12. The molecule has 0 saturated carbocycles. The molecular weight excluding hydrogens is 260 g/mol. The molecule has 0 spiro atoms. The number of benzene rings is 1. The van der Waals surface area contributed by atoms with Crippen LogP contribution in [-0.2, 0) is 7.05 Å².